The number of hydrogen-bond donors (Lipinski definition) is 1. The Balaban J connectivity index is 1.78. The van der Waals surface area contributed by atoms with E-state index in [0.717, 1.165) is 39.4 Å². The Hall–Kier alpha value is -3.80. The molecule has 2 aliphatic rings. The molecule has 4 aromatic rings. The number of carbonyl (C=O) groups is 1. The Bertz CT molecular complexity index is 1330. The second kappa shape index (κ2) is 5.38. The van der Waals surface area contributed by atoms with E-state index in [9.17, 15) is 4.79 Å². The molecule has 6 heteroatoms. The number of likely N-dealkylation sites (N-methyl/N-ethyl adjacent to an activating group) is 1. The van der Waals surface area contributed by atoms with Crippen LogP contribution in [0.1, 0.15) is 5.56 Å². The summed E-state index contributed by atoms with van der Waals surface area (Å²) >= 11 is 0. The first-order chi connectivity index (χ1) is 14.1. The highest BCUT2D eigenvalue weighted by Crippen LogP contribution is 2.50. The van der Waals surface area contributed by atoms with E-state index < -0.39 is 5.66 Å². The van der Waals surface area contributed by atoms with Crippen LogP contribution in [0.15, 0.2) is 66.7 Å². The molecule has 2 aliphatic heterocycles. The van der Waals surface area contributed by atoms with Gasteiger partial charge in [0.15, 0.2) is 0 Å². The summed E-state index contributed by atoms with van der Waals surface area (Å²) in [7, 11) is 3.44. The van der Waals surface area contributed by atoms with E-state index in [1.807, 2.05) is 78.3 Å². The van der Waals surface area contributed by atoms with Crippen LogP contribution in [-0.4, -0.2) is 29.6 Å². The number of aromatic nitrogens is 2. The van der Waals surface area contributed by atoms with Gasteiger partial charge < -0.3 is 15.0 Å². The van der Waals surface area contributed by atoms with Crippen LogP contribution in [0.25, 0.3) is 22.4 Å². The number of amides is 1. The number of benzene rings is 3. The van der Waals surface area contributed by atoms with Crippen molar-refractivity contribution in [1.29, 1.82) is 0 Å². The Morgan fingerprint density at radius 2 is 1.83 bits per heavy atom. The number of para-hydroxylation sites is 3. The first-order valence-electron chi connectivity index (χ1n) is 9.47. The van der Waals surface area contributed by atoms with Gasteiger partial charge in [0.05, 0.1) is 23.8 Å². The number of fused-ring (bicyclic) bond motifs is 8. The van der Waals surface area contributed by atoms with E-state index in [4.69, 9.17) is 9.72 Å². The highest BCUT2D eigenvalue weighted by Gasteiger charge is 2.55. The minimum Gasteiger partial charge on any atom is -0.497 e. The molecule has 0 unspecified atom stereocenters. The van der Waals surface area contributed by atoms with Crippen molar-refractivity contribution in [3.8, 4) is 17.1 Å². The number of imidazole rings is 1. The third kappa shape index (κ3) is 1.85. The van der Waals surface area contributed by atoms with Crippen LogP contribution >= 0.6 is 0 Å². The molecule has 0 bridgehead atoms. The maximum absolute atomic E-state index is 13.8. The fraction of sp³-hybridized carbons (Fsp3) is 0.130. The zero-order valence-corrected chi connectivity index (χ0v) is 16.0. The standard InChI is InChI=1S/C23H18N4O2/c1-26-19-12-11-14(29-2)13-16(19)23(22(26)28)25-17-8-4-3-7-15(17)21-24-18-9-5-6-10-20(18)27(21)23/h3-13,25H,1-2H3/t23-/m1/s1. The summed E-state index contributed by atoms with van der Waals surface area (Å²) in [6.07, 6.45) is 0. The van der Waals surface area contributed by atoms with Crippen molar-refractivity contribution in [2.45, 2.75) is 5.66 Å². The molecule has 0 radical (unpaired) electrons. The molecule has 1 atom stereocenters. The Labute approximate surface area is 167 Å². The van der Waals surface area contributed by atoms with Crippen molar-refractivity contribution < 1.29 is 9.53 Å². The predicted molar refractivity (Wildman–Crippen MR) is 112 cm³/mol. The molecule has 0 aliphatic carbocycles. The molecule has 1 amide bonds. The molecular weight excluding hydrogens is 364 g/mol. The molecule has 6 rings (SSSR count). The topological polar surface area (TPSA) is 59.4 Å². The van der Waals surface area contributed by atoms with Crippen LogP contribution in [0.3, 0.4) is 0 Å². The Morgan fingerprint density at radius 1 is 1.03 bits per heavy atom. The summed E-state index contributed by atoms with van der Waals surface area (Å²) in [5.41, 5.74) is 4.19. The molecule has 1 N–H and O–H groups in total. The number of ether oxygens (including phenoxy) is 1. The number of methoxy groups -OCH3 is 1. The fourth-order valence-electron chi connectivity index (χ4n) is 4.61. The lowest BCUT2D eigenvalue weighted by atomic mass is 9.95. The van der Waals surface area contributed by atoms with Crippen molar-refractivity contribution in [3.63, 3.8) is 0 Å². The van der Waals surface area contributed by atoms with Crippen molar-refractivity contribution in [2.24, 2.45) is 0 Å². The van der Waals surface area contributed by atoms with Gasteiger partial charge in [0.1, 0.15) is 11.6 Å². The summed E-state index contributed by atoms with van der Waals surface area (Å²) in [5, 5.41) is 3.57. The van der Waals surface area contributed by atoms with Gasteiger partial charge in [-0.25, -0.2) is 4.98 Å². The highest BCUT2D eigenvalue weighted by atomic mass is 16.5. The zero-order chi connectivity index (χ0) is 19.8. The number of anilines is 2. The molecule has 1 spiro atoms. The summed E-state index contributed by atoms with van der Waals surface area (Å²) in [5.74, 6) is 1.43. The van der Waals surface area contributed by atoms with Gasteiger partial charge in [-0.05, 0) is 42.5 Å². The van der Waals surface area contributed by atoms with Gasteiger partial charge in [0.2, 0.25) is 5.66 Å². The Kier molecular flexibility index (Phi) is 3.00. The molecule has 3 aromatic carbocycles. The first-order valence-corrected chi connectivity index (χ1v) is 9.47. The van der Waals surface area contributed by atoms with Gasteiger partial charge in [0, 0.05) is 23.9 Å². The molecule has 1 aromatic heterocycles. The average Bonchev–Trinajstić information content (AvgIpc) is 3.25. The number of rotatable bonds is 1. The summed E-state index contributed by atoms with van der Waals surface area (Å²) in [6.45, 7) is 0. The second-order valence-corrected chi connectivity index (χ2v) is 7.39. The summed E-state index contributed by atoms with van der Waals surface area (Å²) in [4.78, 5) is 20.4. The van der Waals surface area contributed by atoms with Crippen molar-refractivity contribution in [2.75, 3.05) is 24.4 Å². The van der Waals surface area contributed by atoms with Crippen molar-refractivity contribution >= 4 is 28.3 Å². The minimum atomic E-state index is -1.13. The minimum absolute atomic E-state index is 0.0559. The number of nitrogens with zero attached hydrogens (tertiary/aromatic N) is 3. The number of hydrogen-bond acceptors (Lipinski definition) is 4. The van der Waals surface area contributed by atoms with Gasteiger partial charge in [-0.3, -0.25) is 9.36 Å². The third-order valence-corrected chi connectivity index (χ3v) is 5.95. The normalized spacial score (nSPS) is 19.1. The Morgan fingerprint density at radius 3 is 2.69 bits per heavy atom. The maximum atomic E-state index is 13.8. The van der Waals surface area contributed by atoms with Gasteiger partial charge in [-0.2, -0.15) is 0 Å². The number of carbonyl (C=O) groups excluding carboxylic acids is 1. The van der Waals surface area contributed by atoms with Crippen molar-refractivity contribution in [1.82, 2.24) is 9.55 Å². The largest absolute Gasteiger partial charge is 0.497 e. The van der Waals surface area contributed by atoms with Crippen LogP contribution in [-0.2, 0) is 10.5 Å². The highest BCUT2D eigenvalue weighted by molar-refractivity contribution is 6.11. The monoisotopic (exact) mass is 382 g/mol. The lowest BCUT2D eigenvalue weighted by molar-refractivity contribution is -0.122. The molecular formula is C23H18N4O2. The summed E-state index contributed by atoms with van der Waals surface area (Å²) in [6, 6.07) is 21.7. The zero-order valence-electron chi connectivity index (χ0n) is 16.0. The molecule has 0 saturated carbocycles. The maximum Gasteiger partial charge on any atom is 0.278 e. The van der Waals surface area contributed by atoms with Crippen LogP contribution in [0, 0.1) is 0 Å². The average molecular weight is 382 g/mol. The predicted octanol–water partition coefficient (Wildman–Crippen LogP) is 3.81. The summed E-state index contributed by atoms with van der Waals surface area (Å²) < 4.78 is 7.52. The molecule has 0 fully saturated rings. The third-order valence-electron chi connectivity index (χ3n) is 5.95. The van der Waals surface area contributed by atoms with Crippen molar-refractivity contribution in [3.05, 3.63) is 72.3 Å². The second-order valence-electron chi connectivity index (χ2n) is 7.39. The van der Waals surface area contributed by atoms with E-state index >= 15 is 0 Å². The van der Waals surface area contributed by atoms with Gasteiger partial charge in [0.25, 0.3) is 5.91 Å². The fourth-order valence-corrected chi connectivity index (χ4v) is 4.61. The lowest BCUT2D eigenvalue weighted by Crippen LogP contribution is -2.52. The van der Waals surface area contributed by atoms with Gasteiger partial charge >= 0.3 is 0 Å². The van der Waals surface area contributed by atoms with E-state index in [1.165, 1.54) is 0 Å². The van der Waals surface area contributed by atoms with E-state index in [2.05, 4.69) is 5.32 Å². The van der Waals surface area contributed by atoms with E-state index in [1.54, 1.807) is 12.0 Å². The van der Waals surface area contributed by atoms with E-state index in [-0.39, 0.29) is 5.91 Å². The molecule has 0 saturated heterocycles. The van der Waals surface area contributed by atoms with E-state index in [0.29, 0.717) is 5.75 Å². The van der Waals surface area contributed by atoms with Crippen LogP contribution in [0.5, 0.6) is 5.75 Å². The SMILES string of the molecule is COc1ccc2c(c1)[C@]1(Nc3ccccc3-c3nc4ccccc4n31)C(=O)N2C. The first kappa shape index (κ1) is 16.2. The van der Waals surface area contributed by atoms with Gasteiger partial charge in [-0.1, -0.05) is 24.3 Å². The van der Waals surface area contributed by atoms with Crippen LogP contribution in [0.4, 0.5) is 11.4 Å². The van der Waals surface area contributed by atoms with Crippen LogP contribution < -0.4 is 15.0 Å². The van der Waals surface area contributed by atoms with Crippen LogP contribution in [0.2, 0.25) is 0 Å². The smallest absolute Gasteiger partial charge is 0.278 e. The van der Waals surface area contributed by atoms with Gasteiger partial charge in [-0.15, -0.1) is 0 Å². The molecule has 29 heavy (non-hydrogen) atoms. The molecule has 3 heterocycles. The molecule has 6 nitrogen and oxygen atoms in total. The number of nitrogens with one attached hydrogen (secondary N) is 1. The quantitative estimate of drug-likeness (QED) is 0.544. The lowest BCUT2D eigenvalue weighted by Gasteiger charge is -2.38. The molecule has 142 valence electrons.